The molecule has 2 heterocycles. The number of carbonyl (C=O) groups is 1. The molecule has 128 valence electrons. The lowest BCUT2D eigenvalue weighted by Crippen LogP contribution is -2.40. The van der Waals surface area contributed by atoms with E-state index < -0.39 is 5.97 Å². The lowest BCUT2D eigenvalue weighted by molar-refractivity contribution is 0.0525. The normalized spacial score (nSPS) is 14.3. The molecule has 0 amide bonds. The van der Waals surface area contributed by atoms with Gasteiger partial charge in [0.2, 0.25) is 0 Å². The number of rotatable bonds is 3. The summed E-state index contributed by atoms with van der Waals surface area (Å²) in [6.07, 6.45) is 1.76. The Hall–Kier alpha value is -1.55. The quantitative estimate of drug-likeness (QED) is 0.830. The second-order valence-electron chi connectivity index (χ2n) is 5.15. The number of piperidine rings is 1. The minimum absolute atomic E-state index is 0. The highest BCUT2D eigenvalue weighted by atomic mass is 35.5. The highest BCUT2D eigenvalue weighted by Crippen LogP contribution is 2.24. The molecule has 1 aromatic rings. The van der Waals surface area contributed by atoms with Crippen LogP contribution in [0, 0.1) is 18.3 Å². The van der Waals surface area contributed by atoms with Crippen LogP contribution in [-0.2, 0) is 4.74 Å². The molecule has 1 aromatic heterocycles. The van der Waals surface area contributed by atoms with Crippen LogP contribution in [0.25, 0.3) is 0 Å². The zero-order chi connectivity index (χ0) is 15.4. The van der Waals surface area contributed by atoms with Gasteiger partial charge in [-0.3, -0.25) is 0 Å². The molecular formula is C15H22Cl2N4O2. The molecule has 0 bridgehead atoms. The van der Waals surface area contributed by atoms with Crippen molar-refractivity contribution in [3.63, 3.8) is 0 Å². The Balaban J connectivity index is 0.00000242. The van der Waals surface area contributed by atoms with Crippen LogP contribution in [0.15, 0.2) is 6.07 Å². The predicted octanol–water partition coefficient (Wildman–Crippen LogP) is 2.21. The van der Waals surface area contributed by atoms with Gasteiger partial charge in [-0.15, -0.1) is 24.8 Å². The van der Waals surface area contributed by atoms with Crippen molar-refractivity contribution in [3.05, 3.63) is 22.9 Å². The monoisotopic (exact) mass is 360 g/mol. The Morgan fingerprint density at radius 3 is 2.61 bits per heavy atom. The van der Waals surface area contributed by atoms with Crippen molar-refractivity contribution in [2.24, 2.45) is 5.73 Å². The number of hydrogen-bond acceptors (Lipinski definition) is 6. The highest BCUT2D eigenvalue weighted by molar-refractivity contribution is 5.91. The van der Waals surface area contributed by atoms with Gasteiger partial charge in [0.15, 0.2) is 0 Å². The molecule has 6 nitrogen and oxygen atoms in total. The molecule has 0 unspecified atom stereocenters. The van der Waals surface area contributed by atoms with Crippen LogP contribution in [0.4, 0.5) is 5.82 Å². The summed E-state index contributed by atoms with van der Waals surface area (Å²) >= 11 is 0. The molecule has 1 aliphatic heterocycles. The first-order valence-corrected chi connectivity index (χ1v) is 7.16. The molecule has 2 N–H and O–H groups in total. The summed E-state index contributed by atoms with van der Waals surface area (Å²) in [6.45, 7) is 5.36. The van der Waals surface area contributed by atoms with Gasteiger partial charge in [-0.05, 0) is 32.8 Å². The Morgan fingerprint density at radius 2 is 2.09 bits per heavy atom. The van der Waals surface area contributed by atoms with Crippen molar-refractivity contribution >= 4 is 36.6 Å². The number of carbonyl (C=O) groups excluding carboxylic acids is 1. The minimum Gasteiger partial charge on any atom is -0.462 e. The molecule has 23 heavy (non-hydrogen) atoms. The zero-order valence-electron chi connectivity index (χ0n) is 13.2. The molecule has 1 fully saturated rings. The van der Waals surface area contributed by atoms with Crippen LogP contribution in [-0.4, -0.2) is 36.7 Å². The van der Waals surface area contributed by atoms with E-state index >= 15 is 0 Å². The van der Waals surface area contributed by atoms with Crippen LogP contribution in [0.5, 0.6) is 0 Å². The second kappa shape index (κ2) is 9.56. The second-order valence-corrected chi connectivity index (χ2v) is 5.15. The van der Waals surface area contributed by atoms with E-state index in [1.54, 1.807) is 19.9 Å². The molecule has 1 aliphatic rings. The topological polar surface area (TPSA) is 92.2 Å². The smallest absolute Gasteiger partial charge is 0.340 e. The van der Waals surface area contributed by atoms with Crippen molar-refractivity contribution in [2.45, 2.75) is 32.7 Å². The van der Waals surface area contributed by atoms with Crippen molar-refractivity contribution in [3.8, 4) is 6.07 Å². The maximum atomic E-state index is 11.9. The first-order valence-electron chi connectivity index (χ1n) is 7.16. The van der Waals surface area contributed by atoms with Crippen LogP contribution >= 0.6 is 24.8 Å². The lowest BCUT2D eigenvalue weighted by atomic mass is 10.0. The lowest BCUT2D eigenvalue weighted by Gasteiger charge is -2.31. The third-order valence-electron chi connectivity index (χ3n) is 3.65. The number of nitrogens with zero attached hydrogens (tertiary/aromatic N) is 3. The number of pyridine rings is 1. The highest BCUT2D eigenvalue weighted by Gasteiger charge is 2.22. The summed E-state index contributed by atoms with van der Waals surface area (Å²) in [5.74, 6) is 0.196. The Bertz CT molecular complexity index is 582. The first kappa shape index (κ1) is 21.4. The number of halogens is 2. The van der Waals surface area contributed by atoms with E-state index in [-0.39, 0.29) is 30.9 Å². The summed E-state index contributed by atoms with van der Waals surface area (Å²) in [7, 11) is 0. The number of ether oxygens (including phenoxy) is 1. The van der Waals surface area contributed by atoms with E-state index in [9.17, 15) is 10.1 Å². The number of hydrogen-bond donors (Lipinski definition) is 1. The minimum atomic E-state index is -0.439. The fourth-order valence-electron chi connectivity index (χ4n) is 2.44. The van der Waals surface area contributed by atoms with E-state index in [1.807, 2.05) is 0 Å². The van der Waals surface area contributed by atoms with E-state index in [2.05, 4.69) is 16.0 Å². The van der Waals surface area contributed by atoms with Crippen LogP contribution < -0.4 is 10.6 Å². The van der Waals surface area contributed by atoms with Crippen molar-refractivity contribution in [1.29, 1.82) is 5.26 Å². The van der Waals surface area contributed by atoms with Crippen molar-refractivity contribution < 1.29 is 9.53 Å². The molecule has 0 aromatic carbocycles. The Labute approximate surface area is 148 Å². The zero-order valence-corrected chi connectivity index (χ0v) is 14.9. The molecular weight excluding hydrogens is 339 g/mol. The van der Waals surface area contributed by atoms with Gasteiger partial charge in [-0.2, -0.15) is 5.26 Å². The molecule has 0 atom stereocenters. The van der Waals surface area contributed by atoms with Gasteiger partial charge in [0.05, 0.1) is 23.4 Å². The number of nitriles is 1. The summed E-state index contributed by atoms with van der Waals surface area (Å²) in [4.78, 5) is 18.4. The van der Waals surface area contributed by atoms with Gasteiger partial charge in [0, 0.05) is 19.1 Å². The average Bonchev–Trinajstić information content (AvgIpc) is 2.48. The van der Waals surface area contributed by atoms with Gasteiger partial charge >= 0.3 is 5.97 Å². The number of anilines is 1. The molecule has 0 aliphatic carbocycles. The van der Waals surface area contributed by atoms with E-state index in [0.29, 0.717) is 29.2 Å². The van der Waals surface area contributed by atoms with E-state index in [1.165, 1.54) is 0 Å². The van der Waals surface area contributed by atoms with Crippen LogP contribution in [0.2, 0.25) is 0 Å². The standard InChI is InChI=1S/C15H20N4O2.2ClH/c1-3-21-15(20)13-8-11(9-16)14(18-10(13)2)19-6-4-12(17)5-7-19;;/h8,12H,3-7,17H2,1-2H3;2*1H. The summed E-state index contributed by atoms with van der Waals surface area (Å²) in [5, 5.41) is 9.33. The van der Waals surface area contributed by atoms with Gasteiger partial charge in [0.25, 0.3) is 0 Å². The summed E-state index contributed by atoms with van der Waals surface area (Å²) < 4.78 is 4.99. The number of nitrogens with two attached hydrogens (primary N) is 1. The number of esters is 1. The van der Waals surface area contributed by atoms with Gasteiger partial charge in [-0.25, -0.2) is 9.78 Å². The Morgan fingerprint density at radius 1 is 1.48 bits per heavy atom. The maximum Gasteiger partial charge on any atom is 0.340 e. The SMILES string of the molecule is CCOC(=O)c1cc(C#N)c(N2CCC(N)CC2)nc1C.Cl.Cl. The third-order valence-corrected chi connectivity index (χ3v) is 3.65. The van der Waals surface area contributed by atoms with Crippen LogP contribution in [0.3, 0.4) is 0 Å². The first-order chi connectivity index (χ1) is 10.1. The molecule has 8 heteroatoms. The largest absolute Gasteiger partial charge is 0.462 e. The third kappa shape index (κ3) is 4.96. The van der Waals surface area contributed by atoms with E-state index in [4.69, 9.17) is 10.5 Å². The molecule has 0 spiro atoms. The van der Waals surface area contributed by atoms with Crippen molar-refractivity contribution in [1.82, 2.24) is 4.98 Å². The maximum absolute atomic E-state index is 11.9. The fraction of sp³-hybridized carbons (Fsp3) is 0.533. The van der Waals surface area contributed by atoms with Gasteiger partial charge in [-0.1, -0.05) is 0 Å². The number of aromatic nitrogens is 1. The van der Waals surface area contributed by atoms with Crippen LogP contribution in [0.1, 0.15) is 41.4 Å². The van der Waals surface area contributed by atoms with Gasteiger partial charge < -0.3 is 15.4 Å². The molecule has 0 saturated carbocycles. The van der Waals surface area contributed by atoms with E-state index in [0.717, 1.165) is 25.9 Å². The predicted molar refractivity (Wildman–Crippen MR) is 93.6 cm³/mol. The number of aryl methyl sites for hydroxylation is 1. The Kier molecular flexibility index (Phi) is 8.91. The summed E-state index contributed by atoms with van der Waals surface area (Å²) in [5.41, 5.74) is 7.23. The fourth-order valence-corrected chi connectivity index (χ4v) is 2.44. The summed E-state index contributed by atoms with van der Waals surface area (Å²) in [6, 6.07) is 3.91. The molecule has 0 radical (unpaired) electrons. The van der Waals surface area contributed by atoms with Gasteiger partial charge in [0.1, 0.15) is 11.9 Å². The van der Waals surface area contributed by atoms with Crippen molar-refractivity contribution in [2.75, 3.05) is 24.6 Å². The molecule has 1 saturated heterocycles. The average molecular weight is 361 g/mol. The molecule has 2 rings (SSSR count).